The van der Waals surface area contributed by atoms with Crippen molar-refractivity contribution >= 4 is 17.5 Å². The number of carbonyl (C=O) groups excluding carboxylic acids is 1. The molecule has 1 fully saturated rings. The minimum atomic E-state index is -2.75. The second kappa shape index (κ2) is 6.49. The van der Waals surface area contributed by atoms with Gasteiger partial charge in [-0.3, -0.25) is 9.48 Å². The molecule has 1 aromatic rings. The molecule has 0 aliphatic carbocycles. The first-order valence-electron chi connectivity index (χ1n) is 6.38. The zero-order valence-corrected chi connectivity index (χ0v) is 11.8. The van der Waals surface area contributed by atoms with Gasteiger partial charge in [0, 0.05) is 13.2 Å². The number of hydrogen-bond donors (Lipinski definition) is 1. The molecule has 0 unspecified atom stereocenters. The molecule has 1 amide bonds. The third-order valence-corrected chi connectivity index (χ3v) is 3.68. The molecule has 5 nitrogen and oxygen atoms in total. The molecule has 1 aliphatic rings. The minimum absolute atomic E-state index is 0.0397. The normalized spacial score (nSPS) is 18.8. The van der Waals surface area contributed by atoms with Crippen LogP contribution in [-0.4, -0.2) is 34.9 Å². The highest BCUT2D eigenvalue weighted by Gasteiger charge is 2.22. The molecule has 1 aromatic heterocycles. The fraction of sp³-hybridized carbons (Fsp3) is 0.667. The largest absolute Gasteiger partial charge is 0.376 e. The van der Waals surface area contributed by atoms with E-state index in [4.69, 9.17) is 16.3 Å². The van der Waals surface area contributed by atoms with Gasteiger partial charge in [0.25, 0.3) is 6.43 Å². The lowest BCUT2D eigenvalue weighted by Gasteiger charge is -2.11. The van der Waals surface area contributed by atoms with Crippen LogP contribution in [0.3, 0.4) is 0 Å². The van der Waals surface area contributed by atoms with Gasteiger partial charge in [0.05, 0.1) is 16.8 Å². The van der Waals surface area contributed by atoms with Crippen LogP contribution in [0.1, 0.15) is 30.7 Å². The number of nitrogens with one attached hydrogen (secondary N) is 1. The molecule has 2 rings (SSSR count). The van der Waals surface area contributed by atoms with Crippen LogP contribution in [-0.2, 0) is 16.1 Å². The molecular formula is C12H16ClF2N3O2. The fourth-order valence-electron chi connectivity index (χ4n) is 2.07. The standard InChI is InChI=1S/C12H16ClF2N3O2/c1-7-10(13)11(12(14)15)17-18(7)6-9(19)16-5-8-3-2-4-20-8/h8,12H,2-6H2,1H3,(H,16,19)/t8-/m0/s1. The summed E-state index contributed by atoms with van der Waals surface area (Å²) in [5, 5.41) is 6.28. The molecule has 1 aliphatic heterocycles. The summed E-state index contributed by atoms with van der Waals surface area (Å²) in [7, 11) is 0. The van der Waals surface area contributed by atoms with E-state index in [-0.39, 0.29) is 23.6 Å². The highest BCUT2D eigenvalue weighted by molar-refractivity contribution is 6.31. The number of carbonyl (C=O) groups is 1. The van der Waals surface area contributed by atoms with Gasteiger partial charge in [0.2, 0.25) is 5.91 Å². The molecule has 1 atom stereocenters. The Morgan fingerprint density at radius 1 is 1.65 bits per heavy atom. The first-order valence-corrected chi connectivity index (χ1v) is 6.76. The average molecular weight is 308 g/mol. The molecule has 112 valence electrons. The Labute approximate surface area is 120 Å². The van der Waals surface area contributed by atoms with E-state index < -0.39 is 12.1 Å². The Bertz CT molecular complexity index is 487. The maximum absolute atomic E-state index is 12.6. The first kappa shape index (κ1) is 15.2. The van der Waals surface area contributed by atoms with Crippen molar-refractivity contribution in [2.75, 3.05) is 13.2 Å². The van der Waals surface area contributed by atoms with E-state index in [0.717, 1.165) is 12.8 Å². The molecule has 20 heavy (non-hydrogen) atoms. The third-order valence-electron chi connectivity index (χ3n) is 3.21. The highest BCUT2D eigenvalue weighted by Crippen LogP contribution is 2.28. The number of alkyl halides is 2. The summed E-state index contributed by atoms with van der Waals surface area (Å²) in [6, 6.07) is 0. The monoisotopic (exact) mass is 307 g/mol. The third kappa shape index (κ3) is 3.46. The number of amides is 1. The Morgan fingerprint density at radius 2 is 2.40 bits per heavy atom. The van der Waals surface area contributed by atoms with Crippen LogP contribution in [0.15, 0.2) is 0 Å². The van der Waals surface area contributed by atoms with Gasteiger partial charge in [-0.1, -0.05) is 11.6 Å². The maximum Gasteiger partial charge on any atom is 0.283 e. The van der Waals surface area contributed by atoms with Crippen molar-refractivity contribution in [1.82, 2.24) is 15.1 Å². The molecule has 0 aromatic carbocycles. The van der Waals surface area contributed by atoms with E-state index in [1.54, 1.807) is 6.92 Å². The maximum atomic E-state index is 12.6. The second-order valence-corrected chi connectivity index (χ2v) is 5.06. The summed E-state index contributed by atoms with van der Waals surface area (Å²) in [4.78, 5) is 11.8. The highest BCUT2D eigenvalue weighted by atomic mass is 35.5. The molecule has 0 radical (unpaired) electrons. The van der Waals surface area contributed by atoms with Gasteiger partial charge < -0.3 is 10.1 Å². The van der Waals surface area contributed by atoms with Crippen LogP contribution in [0.4, 0.5) is 8.78 Å². The molecule has 8 heteroatoms. The van der Waals surface area contributed by atoms with Gasteiger partial charge in [-0.25, -0.2) is 8.78 Å². The fourth-order valence-corrected chi connectivity index (χ4v) is 2.28. The lowest BCUT2D eigenvalue weighted by Crippen LogP contribution is -2.34. The van der Waals surface area contributed by atoms with Crippen LogP contribution >= 0.6 is 11.6 Å². The molecule has 0 spiro atoms. The van der Waals surface area contributed by atoms with Crippen molar-refractivity contribution in [3.8, 4) is 0 Å². The van der Waals surface area contributed by atoms with Gasteiger partial charge in [-0.2, -0.15) is 5.10 Å². The number of aromatic nitrogens is 2. The number of nitrogens with zero attached hydrogens (tertiary/aromatic N) is 2. The molecule has 1 saturated heterocycles. The Kier molecular flexibility index (Phi) is 4.93. The smallest absolute Gasteiger partial charge is 0.283 e. The Morgan fingerprint density at radius 3 is 2.95 bits per heavy atom. The number of hydrogen-bond acceptors (Lipinski definition) is 3. The zero-order valence-electron chi connectivity index (χ0n) is 11.0. The molecule has 1 N–H and O–H groups in total. The lowest BCUT2D eigenvalue weighted by atomic mass is 10.2. The van der Waals surface area contributed by atoms with E-state index in [2.05, 4.69) is 10.4 Å². The predicted octanol–water partition coefficient (Wildman–Crippen LogP) is 2.08. The van der Waals surface area contributed by atoms with E-state index in [1.165, 1.54) is 4.68 Å². The van der Waals surface area contributed by atoms with Crippen molar-refractivity contribution in [2.45, 2.75) is 38.8 Å². The van der Waals surface area contributed by atoms with E-state index in [0.29, 0.717) is 18.8 Å². The van der Waals surface area contributed by atoms with Gasteiger partial charge in [-0.15, -0.1) is 0 Å². The molecule has 0 saturated carbocycles. The van der Waals surface area contributed by atoms with Crippen molar-refractivity contribution in [3.05, 3.63) is 16.4 Å². The topological polar surface area (TPSA) is 56.2 Å². The van der Waals surface area contributed by atoms with Gasteiger partial charge in [-0.05, 0) is 19.8 Å². The lowest BCUT2D eigenvalue weighted by molar-refractivity contribution is -0.122. The quantitative estimate of drug-likeness (QED) is 0.906. The van der Waals surface area contributed by atoms with Crippen LogP contribution < -0.4 is 5.32 Å². The van der Waals surface area contributed by atoms with Crippen molar-refractivity contribution in [2.24, 2.45) is 0 Å². The summed E-state index contributed by atoms with van der Waals surface area (Å²) >= 11 is 5.76. The molecular weight excluding hydrogens is 292 g/mol. The zero-order chi connectivity index (χ0) is 14.7. The molecule has 0 bridgehead atoms. The van der Waals surface area contributed by atoms with Crippen molar-refractivity contribution in [3.63, 3.8) is 0 Å². The van der Waals surface area contributed by atoms with E-state index in [1.807, 2.05) is 0 Å². The van der Waals surface area contributed by atoms with Gasteiger partial charge >= 0.3 is 0 Å². The van der Waals surface area contributed by atoms with Crippen LogP contribution in [0.2, 0.25) is 5.02 Å². The minimum Gasteiger partial charge on any atom is -0.376 e. The Hall–Kier alpha value is -1.21. The SMILES string of the molecule is Cc1c(Cl)c(C(F)F)nn1CC(=O)NC[C@@H]1CCCO1. The first-order chi connectivity index (χ1) is 9.49. The average Bonchev–Trinajstić information content (AvgIpc) is 3.00. The van der Waals surface area contributed by atoms with Crippen molar-refractivity contribution in [1.29, 1.82) is 0 Å². The number of ether oxygens (including phenoxy) is 1. The molecule has 2 heterocycles. The van der Waals surface area contributed by atoms with E-state index >= 15 is 0 Å². The summed E-state index contributed by atoms with van der Waals surface area (Å²) in [6.07, 6.45) is -0.801. The van der Waals surface area contributed by atoms with Crippen LogP contribution in [0, 0.1) is 6.92 Å². The Balaban J connectivity index is 1.92. The summed E-state index contributed by atoms with van der Waals surface area (Å²) < 4.78 is 31.8. The second-order valence-electron chi connectivity index (χ2n) is 4.68. The number of halogens is 3. The predicted molar refractivity (Wildman–Crippen MR) is 68.9 cm³/mol. The van der Waals surface area contributed by atoms with E-state index in [9.17, 15) is 13.6 Å². The summed E-state index contributed by atoms with van der Waals surface area (Å²) in [6.45, 7) is 2.56. The summed E-state index contributed by atoms with van der Waals surface area (Å²) in [5.41, 5.74) is -0.134. The summed E-state index contributed by atoms with van der Waals surface area (Å²) in [5.74, 6) is -0.302. The van der Waals surface area contributed by atoms with Crippen LogP contribution in [0.5, 0.6) is 0 Å². The van der Waals surface area contributed by atoms with Crippen molar-refractivity contribution < 1.29 is 18.3 Å². The van der Waals surface area contributed by atoms with Crippen LogP contribution in [0.25, 0.3) is 0 Å². The van der Waals surface area contributed by atoms with Gasteiger partial charge in [0.1, 0.15) is 12.2 Å². The van der Waals surface area contributed by atoms with Gasteiger partial charge in [0.15, 0.2) is 0 Å². The number of rotatable bonds is 5.